The Bertz CT molecular complexity index is 1250. The van der Waals surface area contributed by atoms with Crippen molar-refractivity contribution in [3.63, 3.8) is 0 Å². The van der Waals surface area contributed by atoms with Crippen LogP contribution >= 0.6 is 11.3 Å². The first-order chi connectivity index (χ1) is 15.8. The molecule has 0 aliphatic rings. The second-order valence-corrected chi connectivity index (χ2v) is 8.37. The number of carbonyl (C=O) groups excluding carboxylic acids is 1. The van der Waals surface area contributed by atoms with Gasteiger partial charge in [0.25, 0.3) is 0 Å². The molecule has 0 saturated heterocycles. The Balaban J connectivity index is 1.59. The van der Waals surface area contributed by atoms with Crippen molar-refractivity contribution in [1.82, 2.24) is 4.98 Å². The molecule has 33 heavy (non-hydrogen) atoms. The van der Waals surface area contributed by atoms with Gasteiger partial charge in [-0.05, 0) is 48.4 Å². The third kappa shape index (κ3) is 5.34. The summed E-state index contributed by atoms with van der Waals surface area (Å²) >= 11 is 1.48. The van der Waals surface area contributed by atoms with E-state index in [-0.39, 0.29) is 12.3 Å². The van der Waals surface area contributed by atoms with Crippen LogP contribution in [0.4, 0.5) is 18.9 Å². The Morgan fingerprint density at radius 1 is 1.06 bits per heavy atom. The lowest BCUT2D eigenvalue weighted by Gasteiger charge is -2.24. The average Bonchev–Trinajstić information content (AvgIpc) is 3.27. The number of methoxy groups -OCH3 is 1. The molecule has 0 fully saturated rings. The van der Waals surface area contributed by atoms with E-state index >= 15 is 0 Å². The lowest BCUT2D eigenvalue weighted by atomic mass is 10.1. The zero-order valence-electron chi connectivity index (χ0n) is 17.8. The molecule has 0 spiro atoms. The molecule has 0 atom stereocenters. The number of halogens is 3. The number of hydrogen-bond acceptors (Lipinski definition) is 4. The Hall–Kier alpha value is -3.39. The van der Waals surface area contributed by atoms with E-state index in [2.05, 4.69) is 4.98 Å². The van der Waals surface area contributed by atoms with Crippen LogP contribution in [0.1, 0.15) is 16.7 Å². The minimum absolute atomic E-state index is 0.129. The van der Waals surface area contributed by atoms with Gasteiger partial charge in [-0.1, -0.05) is 30.3 Å². The molecular formula is C25H21F3N2O2S. The number of thiazole rings is 1. The van der Waals surface area contributed by atoms with E-state index in [0.717, 1.165) is 39.2 Å². The fraction of sp³-hybridized carbons (Fsp3) is 0.200. The maximum atomic E-state index is 13.4. The number of ether oxygens (including phenoxy) is 1. The number of alkyl halides is 3. The smallest absolute Gasteiger partial charge is 0.416 e. The minimum atomic E-state index is -4.38. The standard InChI is InChI=1S/C25H21F3N2O2S/c1-32-22-5-3-2-4-18(22)14-24(31)30(20-10-11-21-23(15-20)33-16-29-21)13-12-17-6-8-19(9-7-17)25(26,27)28/h2-11,15-16H,12-14H2,1H3. The van der Waals surface area contributed by atoms with Crippen LogP contribution in [0.2, 0.25) is 0 Å². The van der Waals surface area contributed by atoms with Crippen molar-refractivity contribution in [2.45, 2.75) is 19.0 Å². The predicted octanol–water partition coefficient (Wildman–Crippen LogP) is 6.14. The van der Waals surface area contributed by atoms with Gasteiger partial charge in [0, 0.05) is 17.8 Å². The van der Waals surface area contributed by atoms with Crippen LogP contribution in [0, 0.1) is 0 Å². The van der Waals surface area contributed by atoms with Crippen LogP contribution in [-0.2, 0) is 23.8 Å². The Labute approximate surface area is 193 Å². The highest BCUT2D eigenvalue weighted by Gasteiger charge is 2.30. The van der Waals surface area contributed by atoms with E-state index in [1.54, 1.807) is 23.6 Å². The molecule has 0 unspecified atom stereocenters. The van der Waals surface area contributed by atoms with Gasteiger partial charge in [0.15, 0.2) is 0 Å². The summed E-state index contributed by atoms with van der Waals surface area (Å²) in [5.74, 6) is 0.502. The summed E-state index contributed by atoms with van der Waals surface area (Å²) in [4.78, 5) is 19.3. The normalized spacial score (nSPS) is 11.5. The molecule has 1 heterocycles. The van der Waals surface area contributed by atoms with E-state index in [4.69, 9.17) is 4.74 Å². The number of carbonyl (C=O) groups is 1. The van der Waals surface area contributed by atoms with Gasteiger partial charge in [0.2, 0.25) is 5.91 Å². The molecule has 0 radical (unpaired) electrons. The first kappa shape index (κ1) is 22.8. The summed E-state index contributed by atoms with van der Waals surface area (Å²) in [5.41, 5.74) is 4.12. The van der Waals surface area contributed by atoms with Crippen LogP contribution < -0.4 is 9.64 Å². The molecule has 0 aliphatic heterocycles. The van der Waals surface area contributed by atoms with Crippen LogP contribution in [0.15, 0.2) is 72.2 Å². The molecule has 0 N–H and O–H groups in total. The largest absolute Gasteiger partial charge is 0.496 e. The van der Waals surface area contributed by atoms with Gasteiger partial charge in [-0.15, -0.1) is 11.3 Å². The topological polar surface area (TPSA) is 42.4 Å². The minimum Gasteiger partial charge on any atom is -0.496 e. The summed E-state index contributed by atoms with van der Waals surface area (Å²) in [6.07, 6.45) is -3.83. The molecule has 0 bridgehead atoms. The summed E-state index contributed by atoms with van der Waals surface area (Å²) < 4.78 is 44.9. The lowest BCUT2D eigenvalue weighted by molar-refractivity contribution is -0.137. The molecule has 4 nitrogen and oxygen atoms in total. The summed E-state index contributed by atoms with van der Waals surface area (Å²) in [5, 5.41) is 0. The van der Waals surface area contributed by atoms with E-state index in [0.29, 0.717) is 18.7 Å². The molecule has 1 amide bonds. The van der Waals surface area contributed by atoms with E-state index in [9.17, 15) is 18.0 Å². The molecule has 3 aromatic carbocycles. The number of nitrogens with zero attached hydrogens (tertiary/aromatic N) is 2. The molecule has 0 saturated carbocycles. The fourth-order valence-corrected chi connectivity index (χ4v) is 4.33. The van der Waals surface area contributed by atoms with Gasteiger partial charge >= 0.3 is 6.18 Å². The van der Waals surface area contributed by atoms with E-state index in [1.807, 2.05) is 36.4 Å². The SMILES string of the molecule is COc1ccccc1CC(=O)N(CCc1ccc(C(F)(F)F)cc1)c1ccc2ncsc2c1. The molecule has 170 valence electrons. The van der Waals surface area contributed by atoms with Crippen LogP contribution in [0.3, 0.4) is 0 Å². The van der Waals surface area contributed by atoms with E-state index in [1.165, 1.54) is 23.5 Å². The van der Waals surface area contributed by atoms with E-state index < -0.39 is 11.7 Å². The molecule has 0 aliphatic carbocycles. The van der Waals surface area contributed by atoms with Gasteiger partial charge in [-0.3, -0.25) is 4.79 Å². The van der Waals surface area contributed by atoms with Gasteiger partial charge < -0.3 is 9.64 Å². The molecule has 4 rings (SSSR count). The first-order valence-corrected chi connectivity index (χ1v) is 11.1. The third-order valence-corrected chi connectivity index (χ3v) is 6.16. The van der Waals surface area contributed by atoms with Crippen molar-refractivity contribution in [3.05, 3.63) is 88.9 Å². The van der Waals surface area contributed by atoms with Crippen LogP contribution in [0.5, 0.6) is 5.75 Å². The molecule has 8 heteroatoms. The van der Waals surface area contributed by atoms with Crippen LogP contribution in [0.25, 0.3) is 10.2 Å². The maximum Gasteiger partial charge on any atom is 0.416 e. The summed E-state index contributed by atoms with van der Waals surface area (Å²) in [7, 11) is 1.56. The second-order valence-electron chi connectivity index (χ2n) is 7.48. The number of para-hydroxylation sites is 1. The average molecular weight is 471 g/mol. The predicted molar refractivity (Wildman–Crippen MR) is 124 cm³/mol. The van der Waals surface area contributed by atoms with Gasteiger partial charge in [-0.25, -0.2) is 4.98 Å². The van der Waals surface area contributed by atoms with Gasteiger partial charge in [-0.2, -0.15) is 13.2 Å². The van der Waals surface area contributed by atoms with Crippen molar-refractivity contribution < 1.29 is 22.7 Å². The number of aromatic nitrogens is 1. The third-order valence-electron chi connectivity index (χ3n) is 5.37. The number of rotatable bonds is 7. The van der Waals surface area contributed by atoms with Crippen LogP contribution in [-0.4, -0.2) is 24.5 Å². The highest BCUT2D eigenvalue weighted by molar-refractivity contribution is 7.16. The number of benzene rings is 3. The Morgan fingerprint density at radius 2 is 1.82 bits per heavy atom. The highest BCUT2D eigenvalue weighted by Crippen LogP contribution is 2.30. The maximum absolute atomic E-state index is 13.4. The summed E-state index contributed by atoms with van der Waals surface area (Å²) in [6.45, 7) is 0.323. The second kappa shape index (κ2) is 9.62. The number of amides is 1. The Kier molecular flexibility index (Phi) is 6.65. The molecule has 1 aromatic heterocycles. The van der Waals surface area contributed by atoms with Crippen molar-refractivity contribution in [2.24, 2.45) is 0 Å². The number of anilines is 1. The van der Waals surface area contributed by atoms with Crippen molar-refractivity contribution in [2.75, 3.05) is 18.6 Å². The number of fused-ring (bicyclic) bond motifs is 1. The monoisotopic (exact) mass is 470 g/mol. The van der Waals surface area contributed by atoms with Crippen molar-refractivity contribution in [1.29, 1.82) is 0 Å². The molecular weight excluding hydrogens is 449 g/mol. The quantitative estimate of drug-likeness (QED) is 0.326. The van der Waals surface area contributed by atoms with Crippen molar-refractivity contribution >= 4 is 33.1 Å². The highest BCUT2D eigenvalue weighted by atomic mass is 32.1. The van der Waals surface area contributed by atoms with Gasteiger partial charge in [0.1, 0.15) is 5.75 Å². The summed E-state index contributed by atoms with van der Waals surface area (Å²) in [6, 6.07) is 18.0. The number of hydrogen-bond donors (Lipinski definition) is 0. The zero-order chi connectivity index (χ0) is 23.4. The first-order valence-electron chi connectivity index (χ1n) is 10.3. The Morgan fingerprint density at radius 3 is 2.55 bits per heavy atom. The lowest BCUT2D eigenvalue weighted by Crippen LogP contribution is -2.34. The molecule has 4 aromatic rings. The van der Waals surface area contributed by atoms with Gasteiger partial charge in [0.05, 0.1) is 34.8 Å². The fourth-order valence-electron chi connectivity index (χ4n) is 3.62. The van der Waals surface area contributed by atoms with Crippen molar-refractivity contribution in [3.8, 4) is 5.75 Å². The zero-order valence-corrected chi connectivity index (χ0v) is 18.6.